The molecule has 41 heavy (non-hydrogen) atoms. The Hall–Kier alpha value is -4.22. The number of nitrogens with one attached hydrogen (secondary N) is 1. The van der Waals surface area contributed by atoms with E-state index >= 15 is 0 Å². The van der Waals surface area contributed by atoms with Gasteiger partial charge in [0.15, 0.2) is 5.78 Å². The molecular formula is C30H32N2O8S. The normalized spacial score (nSPS) is 13.6. The molecule has 216 valence electrons. The van der Waals surface area contributed by atoms with Gasteiger partial charge in [0.2, 0.25) is 0 Å². The van der Waals surface area contributed by atoms with Crippen LogP contribution >= 0.6 is 11.3 Å². The predicted molar refractivity (Wildman–Crippen MR) is 151 cm³/mol. The van der Waals surface area contributed by atoms with Gasteiger partial charge in [-0.05, 0) is 56.5 Å². The van der Waals surface area contributed by atoms with E-state index in [4.69, 9.17) is 14.2 Å². The molecule has 0 spiro atoms. The Morgan fingerprint density at radius 2 is 1.76 bits per heavy atom. The van der Waals surface area contributed by atoms with Crippen LogP contribution in [0.4, 0.5) is 4.79 Å². The van der Waals surface area contributed by atoms with Crippen molar-refractivity contribution in [1.29, 1.82) is 0 Å². The van der Waals surface area contributed by atoms with Gasteiger partial charge >= 0.3 is 12.1 Å². The minimum Gasteiger partial charge on any atom is -0.477 e. The molecule has 1 unspecified atom stereocenters. The zero-order valence-electron chi connectivity index (χ0n) is 23.0. The van der Waals surface area contributed by atoms with Crippen LogP contribution in [0.5, 0.6) is 5.75 Å². The van der Waals surface area contributed by atoms with Crippen molar-refractivity contribution in [3.05, 3.63) is 87.1 Å². The fourth-order valence-corrected chi connectivity index (χ4v) is 5.09. The molecule has 1 aliphatic heterocycles. The molecule has 0 bridgehead atoms. The van der Waals surface area contributed by atoms with Gasteiger partial charge in [0.1, 0.15) is 11.4 Å². The summed E-state index contributed by atoms with van der Waals surface area (Å²) in [6, 6.07) is 16.7. The van der Waals surface area contributed by atoms with Gasteiger partial charge < -0.3 is 29.5 Å². The number of nitrogens with zero attached hydrogens (tertiary/aromatic N) is 1. The molecule has 0 radical (unpaired) electrons. The van der Waals surface area contributed by atoms with Crippen molar-refractivity contribution in [2.45, 2.75) is 52.2 Å². The Balaban J connectivity index is 1.26. The van der Waals surface area contributed by atoms with Crippen molar-refractivity contribution in [3.8, 4) is 5.75 Å². The molecule has 1 aliphatic rings. The van der Waals surface area contributed by atoms with Gasteiger partial charge in [-0.15, -0.1) is 11.3 Å². The lowest BCUT2D eigenvalue weighted by molar-refractivity contribution is -0.173. The Morgan fingerprint density at radius 1 is 1.05 bits per heavy atom. The predicted octanol–water partition coefficient (Wildman–Crippen LogP) is 4.66. The zero-order chi connectivity index (χ0) is 29.6. The van der Waals surface area contributed by atoms with Gasteiger partial charge in [0.25, 0.3) is 12.2 Å². The van der Waals surface area contributed by atoms with Crippen molar-refractivity contribution in [2.75, 3.05) is 13.1 Å². The van der Waals surface area contributed by atoms with Gasteiger partial charge in [0.05, 0.1) is 24.6 Å². The number of hydrogen-bond donors (Lipinski definition) is 2. The number of carbonyl (C=O) groups excluding carboxylic acids is 3. The first-order valence-corrected chi connectivity index (χ1v) is 13.9. The average molecular weight is 581 g/mol. The second kappa shape index (κ2) is 13.0. The largest absolute Gasteiger partial charge is 0.477 e. The number of hydrogen-bond acceptors (Lipinski definition) is 8. The summed E-state index contributed by atoms with van der Waals surface area (Å²) >= 11 is 1.36. The number of amides is 2. The molecular weight excluding hydrogens is 548 g/mol. The number of carboxylic acid groups (broad SMARTS) is 1. The van der Waals surface area contributed by atoms with Crippen molar-refractivity contribution < 1.29 is 38.5 Å². The molecule has 2 aromatic carbocycles. The standard InChI is InChI=1S/C30H32N2O8S/c1-30(2,3)40-29(37)32-14-13-24-21(17-32)15-25(41-24)26(34)31-16-23(33)20-11-9-19(10-12-20)18-38-28(27(35)36)39-22-7-5-4-6-8-22/h4-12,15,28H,13-14,16-18H2,1-3H3,(H,31,34)(H,35,36). The quantitative estimate of drug-likeness (QED) is 0.262. The summed E-state index contributed by atoms with van der Waals surface area (Å²) in [4.78, 5) is 52.5. The molecule has 11 heteroatoms. The lowest BCUT2D eigenvalue weighted by atomic mass is 10.1. The first kappa shape index (κ1) is 29.8. The monoisotopic (exact) mass is 580 g/mol. The Labute approximate surface area is 241 Å². The van der Waals surface area contributed by atoms with Crippen LogP contribution < -0.4 is 10.1 Å². The fourth-order valence-electron chi connectivity index (χ4n) is 4.01. The minimum atomic E-state index is -1.49. The number of Topliss-reactive ketones (excluding diaryl/α,β-unsaturated/α-hetero) is 1. The molecule has 2 heterocycles. The molecule has 2 amide bonds. The maximum atomic E-state index is 12.8. The molecule has 10 nitrogen and oxygen atoms in total. The number of thiophene rings is 1. The summed E-state index contributed by atoms with van der Waals surface area (Å²) in [7, 11) is 0. The second-order valence-electron chi connectivity index (χ2n) is 10.4. The van der Waals surface area contributed by atoms with Crippen molar-refractivity contribution in [1.82, 2.24) is 10.2 Å². The van der Waals surface area contributed by atoms with Gasteiger partial charge in [-0.2, -0.15) is 0 Å². The van der Waals surface area contributed by atoms with E-state index in [1.807, 2.05) is 20.8 Å². The van der Waals surface area contributed by atoms with E-state index in [-0.39, 0.29) is 30.9 Å². The van der Waals surface area contributed by atoms with E-state index in [0.29, 0.717) is 41.3 Å². The average Bonchev–Trinajstić information content (AvgIpc) is 3.37. The van der Waals surface area contributed by atoms with E-state index in [1.165, 1.54) is 11.3 Å². The highest BCUT2D eigenvalue weighted by Crippen LogP contribution is 2.29. The number of fused-ring (bicyclic) bond motifs is 1. The second-order valence-corrected chi connectivity index (χ2v) is 11.6. The highest BCUT2D eigenvalue weighted by Gasteiger charge is 2.28. The van der Waals surface area contributed by atoms with Gasteiger partial charge in [-0.25, -0.2) is 9.59 Å². The van der Waals surface area contributed by atoms with E-state index in [2.05, 4.69) is 5.32 Å². The number of ketones is 1. The highest BCUT2D eigenvalue weighted by atomic mass is 32.1. The third-order valence-electron chi connectivity index (χ3n) is 6.02. The molecule has 1 aromatic heterocycles. The van der Waals surface area contributed by atoms with Crippen molar-refractivity contribution in [3.63, 3.8) is 0 Å². The van der Waals surface area contributed by atoms with Crippen LogP contribution in [0.2, 0.25) is 0 Å². The molecule has 0 fully saturated rings. The van der Waals surface area contributed by atoms with Crippen LogP contribution in [0.3, 0.4) is 0 Å². The summed E-state index contributed by atoms with van der Waals surface area (Å²) in [6.45, 7) is 6.11. The highest BCUT2D eigenvalue weighted by molar-refractivity contribution is 7.14. The van der Waals surface area contributed by atoms with Crippen molar-refractivity contribution >= 4 is 35.1 Å². The first-order chi connectivity index (χ1) is 19.5. The number of ether oxygens (including phenoxy) is 3. The van der Waals surface area contributed by atoms with E-state index in [0.717, 1.165) is 10.4 Å². The molecule has 1 atom stereocenters. The number of carbonyl (C=O) groups is 4. The van der Waals surface area contributed by atoms with Gasteiger partial charge in [0, 0.05) is 17.0 Å². The zero-order valence-corrected chi connectivity index (χ0v) is 23.9. The SMILES string of the molecule is CC(C)(C)OC(=O)N1CCc2sc(C(=O)NCC(=O)c3ccc(COC(Oc4ccccc4)C(=O)O)cc3)cc2C1. The van der Waals surface area contributed by atoms with Crippen LogP contribution in [0.1, 0.15) is 56.8 Å². The van der Waals surface area contributed by atoms with Gasteiger partial charge in [-0.3, -0.25) is 9.59 Å². The number of benzene rings is 2. The minimum absolute atomic E-state index is 0.0383. The molecule has 0 aliphatic carbocycles. The maximum Gasteiger partial charge on any atom is 0.410 e. The summed E-state index contributed by atoms with van der Waals surface area (Å²) in [5.74, 6) is -1.53. The molecule has 3 aromatic rings. The summed E-state index contributed by atoms with van der Waals surface area (Å²) in [6.07, 6.45) is -1.24. The topological polar surface area (TPSA) is 131 Å². The molecule has 0 saturated carbocycles. The van der Waals surface area contributed by atoms with Crippen LogP contribution in [0.15, 0.2) is 60.7 Å². The smallest absolute Gasteiger partial charge is 0.410 e. The molecule has 4 rings (SSSR count). The lowest BCUT2D eigenvalue weighted by Gasteiger charge is -2.29. The van der Waals surface area contributed by atoms with Gasteiger partial charge in [-0.1, -0.05) is 42.5 Å². The third-order valence-corrected chi connectivity index (χ3v) is 7.25. The maximum absolute atomic E-state index is 12.8. The number of para-hydroxylation sites is 1. The third kappa shape index (κ3) is 8.38. The first-order valence-electron chi connectivity index (χ1n) is 13.0. The fraction of sp³-hybridized carbons (Fsp3) is 0.333. The lowest BCUT2D eigenvalue weighted by Crippen LogP contribution is -2.39. The van der Waals surface area contributed by atoms with Crippen LogP contribution in [-0.2, 0) is 33.8 Å². The summed E-state index contributed by atoms with van der Waals surface area (Å²) < 4.78 is 16.2. The number of aliphatic carboxylic acids is 1. The Bertz CT molecular complexity index is 1400. The van der Waals surface area contributed by atoms with Crippen LogP contribution in [-0.4, -0.2) is 58.7 Å². The molecule has 2 N–H and O–H groups in total. The van der Waals surface area contributed by atoms with Crippen LogP contribution in [0.25, 0.3) is 0 Å². The number of rotatable bonds is 10. The van der Waals surface area contributed by atoms with E-state index < -0.39 is 17.9 Å². The van der Waals surface area contributed by atoms with E-state index in [1.54, 1.807) is 65.6 Å². The Kier molecular flexibility index (Phi) is 9.41. The summed E-state index contributed by atoms with van der Waals surface area (Å²) in [5, 5.41) is 12.1. The summed E-state index contributed by atoms with van der Waals surface area (Å²) in [5.41, 5.74) is 1.36. The van der Waals surface area contributed by atoms with Crippen LogP contribution in [0, 0.1) is 0 Å². The Morgan fingerprint density at radius 3 is 2.41 bits per heavy atom. The molecule has 0 saturated heterocycles. The number of carboxylic acids is 1. The van der Waals surface area contributed by atoms with Crippen molar-refractivity contribution in [2.24, 2.45) is 0 Å². The van der Waals surface area contributed by atoms with E-state index in [9.17, 15) is 24.3 Å².